The van der Waals surface area contributed by atoms with Crippen molar-refractivity contribution in [2.45, 2.75) is 19.8 Å². The largest absolute Gasteiger partial charge is 0.452 e. The van der Waals surface area contributed by atoms with Gasteiger partial charge in [0, 0.05) is 37.2 Å². The van der Waals surface area contributed by atoms with E-state index < -0.39 is 18.5 Å². The third-order valence-corrected chi connectivity index (χ3v) is 6.12. The lowest BCUT2D eigenvalue weighted by molar-refractivity contribution is -0.119. The third kappa shape index (κ3) is 5.69. The molecule has 1 heterocycles. The van der Waals surface area contributed by atoms with Gasteiger partial charge in [0.15, 0.2) is 6.61 Å². The summed E-state index contributed by atoms with van der Waals surface area (Å²) in [5, 5.41) is 2.80. The monoisotopic (exact) mass is 471 g/mol. The van der Waals surface area contributed by atoms with Gasteiger partial charge in [-0.15, -0.1) is 0 Å². The van der Waals surface area contributed by atoms with Gasteiger partial charge in [0.25, 0.3) is 11.8 Å². The zero-order chi connectivity index (χ0) is 24.8. The summed E-state index contributed by atoms with van der Waals surface area (Å²) in [4.78, 5) is 42.1. The van der Waals surface area contributed by atoms with E-state index in [2.05, 4.69) is 16.3 Å². The molecule has 2 amide bonds. The van der Waals surface area contributed by atoms with Crippen molar-refractivity contribution in [3.63, 3.8) is 0 Å². The molecule has 7 heteroatoms. The van der Waals surface area contributed by atoms with Gasteiger partial charge in [-0.2, -0.15) is 0 Å². The first-order valence-corrected chi connectivity index (χ1v) is 11.7. The zero-order valence-electron chi connectivity index (χ0n) is 20.0. The average Bonchev–Trinajstić information content (AvgIpc) is 3.43. The van der Waals surface area contributed by atoms with Gasteiger partial charge in [0.2, 0.25) is 0 Å². The molecule has 3 aromatic rings. The molecule has 3 aromatic carbocycles. The second kappa shape index (κ2) is 10.9. The minimum atomic E-state index is -0.730. The number of hydrogen-bond donors (Lipinski definition) is 1. The van der Waals surface area contributed by atoms with Gasteiger partial charge in [-0.1, -0.05) is 30.3 Å². The highest BCUT2D eigenvalue weighted by Crippen LogP contribution is 2.25. The number of rotatable bonds is 7. The van der Waals surface area contributed by atoms with Gasteiger partial charge in [-0.3, -0.25) is 9.59 Å². The highest BCUT2D eigenvalue weighted by atomic mass is 16.5. The van der Waals surface area contributed by atoms with Crippen molar-refractivity contribution in [1.82, 2.24) is 0 Å². The summed E-state index contributed by atoms with van der Waals surface area (Å²) < 4.78 is 5.25. The van der Waals surface area contributed by atoms with Crippen LogP contribution >= 0.6 is 0 Å². The van der Waals surface area contributed by atoms with E-state index in [0.717, 1.165) is 24.3 Å². The fraction of sp³-hybridized carbons (Fsp3) is 0.250. The van der Waals surface area contributed by atoms with Crippen LogP contribution in [0.25, 0.3) is 0 Å². The van der Waals surface area contributed by atoms with Crippen molar-refractivity contribution in [1.29, 1.82) is 0 Å². The molecule has 0 spiro atoms. The van der Waals surface area contributed by atoms with Crippen molar-refractivity contribution < 1.29 is 19.1 Å². The molecule has 180 valence electrons. The van der Waals surface area contributed by atoms with Crippen LogP contribution in [0.15, 0.2) is 72.8 Å². The minimum Gasteiger partial charge on any atom is -0.452 e. The molecule has 35 heavy (non-hydrogen) atoms. The van der Waals surface area contributed by atoms with E-state index in [0.29, 0.717) is 11.4 Å². The molecule has 1 aliphatic rings. The highest BCUT2D eigenvalue weighted by Gasteiger charge is 2.22. The molecular weight excluding hydrogens is 442 g/mol. The second-order valence-electron chi connectivity index (χ2n) is 8.56. The number of carbonyl (C=O) groups is 3. The van der Waals surface area contributed by atoms with Crippen molar-refractivity contribution in [3.05, 3.63) is 89.5 Å². The normalized spacial score (nSPS) is 12.8. The molecule has 1 saturated heterocycles. The van der Waals surface area contributed by atoms with Gasteiger partial charge in [0.1, 0.15) is 0 Å². The molecule has 1 N–H and O–H groups in total. The number of esters is 1. The fourth-order valence-corrected chi connectivity index (χ4v) is 4.15. The summed E-state index contributed by atoms with van der Waals surface area (Å²) >= 11 is 0. The van der Waals surface area contributed by atoms with Crippen LogP contribution in [0, 0.1) is 6.92 Å². The molecule has 0 atom stereocenters. The molecular formula is C28H29N3O4. The van der Waals surface area contributed by atoms with Crippen molar-refractivity contribution in [3.8, 4) is 0 Å². The van der Waals surface area contributed by atoms with Crippen molar-refractivity contribution in [2.75, 3.05) is 41.9 Å². The van der Waals surface area contributed by atoms with Crippen LogP contribution in [0.5, 0.6) is 0 Å². The molecule has 7 nitrogen and oxygen atoms in total. The first kappa shape index (κ1) is 24.0. The van der Waals surface area contributed by atoms with Crippen LogP contribution in [0.1, 0.15) is 39.1 Å². The Morgan fingerprint density at radius 3 is 2.26 bits per heavy atom. The third-order valence-electron chi connectivity index (χ3n) is 6.12. The van der Waals surface area contributed by atoms with Gasteiger partial charge in [-0.25, -0.2) is 4.79 Å². The SMILES string of the molecule is Cc1cc(N2CCCC2)ccc1NC(=O)COC(=O)c1ccccc1C(=O)N(C)c1ccccc1. The summed E-state index contributed by atoms with van der Waals surface area (Å²) in [6.07, 6.45) is 2.39. The lowest BCUT2D eigenvalue weighted by Crippen LogP contribution is -2.28. The van der Waals surface area contributed by atoms with Crippen molar-refractivity contribution in [2.24, 2.45) is 0 Å². The number of para-hydroxylation sites is 1. The summed E-state index contributed by atoms with van der Waals surface area (Å²) in [7, 11) is 1.64. The van der Waals surface area contributed by atoms with E-state index in [1.54, 1.807) is 25.2 Å². The zero-order valence-corrected chi connectivity index (χ0v) is 20.0. The topological polar surface area (TPSA) is 79.0 Å². The van der Waals surface area contributed by atoms with Crippen LogP contribution in [0.4, 0.5) is 17.1 Å². The number of carbonyl (C=O) groups excluding carboxylic acids is 3. The number of anilines is 3. The van der Waals surface area contributed by atoms with Gasteiger partial charge < -0.3 is 19.9 Å². The average molecular weight is 472 g/mol. The molecule has 0 saturated carbocycles. The standard InChI is InChI=1S/C28H29N3O4/c1-20-18-22(31-16-8-9-17-31)14-15-25(20)29-26(32)19-35-28(34)24-13-7-6-12-23(24)27(33)30(2)21-10-4-3-5-11-21/h3-7,10-15,18H,8-9,16-17,19H2,1-2H3,(H,29,32). The number of ether oxygens (including phenoxy) is 1. The van der Waals surface area contributed by atoms with E-state index >= 15 is 0 Å². The quantitative estimate of drug-likeness (QED) is 0.507. The van der Waals surface area contributed by atoms with Gasteiger partial charge in [-0.05, 0) is 67.8 Å². The van der Waals surface area contributed by atoms with E-state index in [-0.39, 0.29) is 17.0 Å². The lowest BCUT2D eigenvalue weighted by atomic mass is 10.1. The van der Waals surface area contributed by atoms with Crippen LogP contribution in [-0.4, -0.2) is 44.5 Å². The van der Waals surface area contributed by atoms with Crippen LogP contribution in [-0.2, 0) is 9.53 Å². The number of nitrogens with zero attached hydrogens (tertiary/aromatic N) is 2. The molecule has 1 fully saturated rings. The second-order valence-corrected chi connectivity index (χ2v) is 8.56. The Balaban J connectivity index is 1.38. The fourth-order valence-electron chi connectivity index (χ4n) is 4.15. The Morgan fingerprint density at radius 1 is 0.914 bits per heavy atom. The van der Waals surface area contributed by atoms with Crippen LogP contribution < -0.4 is 15.1 Å². The molecule has 0 bridgehead atoms. The summed E-state index contributed by atoms with van der Waals surface area (Å²) in [5.41, 5.74) is 3.78. The number of nitrogens with one attached hydrogen (secondary N) is 1. The molecule has 0 aromatic heterocycles. The lowest BCUT2D eigenvalue weighted by Gasteiger charge is -2.19. The molecule has 0 radical (unpaired) electrons. The first-order valence-electron chi connectivity index (χ1n) is 11.7. The Kier molecular flexibility index (Phi) is 7.45. The number of aryl methyl sites for hydroxylation is 1. The summed E-state index contributed by atoms with van der Waals surface area (Å²) in [6, 6.07) is 21.5. The Bertz CT molecular complexity index is 1220. The Morgan fingerprint density at radius 2 is 1.57 bits per heavy atom. The number of benzene rings is 3. The van der Waals surface area contributed by atoms with Gasteiger partial charge in [0.05, 0.1) is 11.1 Å². The van der Waals surface area contributed by atoms with E-state index in [9.17, 15) is 14.4 Å². The predicted molar refractivity (Wildman–Crippen MR) is 137 cm³/mol. The molecule has 1 aliphatic heterocycles. The molecule has 0 aliphatic carbocycles. The summed E-state index contributed by atoms with van der Waals surface area (Å²) in [6.45, 7) is 3.58. The smallest absolute Gasteiger partial charge is 0.339 e. The first-order chi connectivity index (χ1) is 16.9. The van der Waals surface area contributed by atoms with Crippen molar-refractivity contribution >= 4 is 34.8 Å². The molecule has 0 unspecified atom stereocenters. The predicted octanol–water partition coefficient (Wildman–Crippen LogP) is 4.67. The van der Waals surface area contributed by atoms with E-state index in [1.807, 2.05) is 49.4 Å². The molecule has 4 rings (SSSR count). The summed E-state index contributed by atoms with van der Waals surface area (Å²) in [5.74, 6) is -1.52. The number of amides is 2. The maximum Gasteiger partial charge on any atom is 0.339 e. The Labute approximate surface area is 205 Å². The van der Waals surface area contributed by atoms with E-state index in [4.69, 9.17) is 4.74 Å². The Hall–Kier alpha value is -4.13. The maximum absolute atomic E-state index is 13.0. The van der Waals surface area contributed by atoms with E-state index in [1.165, 1.54) is 23.8 Å². The highest BCUT2D eigenvalue weighted by molar-refractivity contribution is 6.12. The number of hydrogen-bond acceptors (Lipinski definition) is 5. The maximum atomic E-state index is 13.0. The van der Waals surface area contributed by atoms with Crippen LogP contribution in [0.2, 0.25) is 0 Å². The van der Waals surface area contributed by atoms with Crippen LogP contribution in [0.3, 0.4) is 0 Å². The van der Waals surface area contributed by atoms with Gasteiger partial charge >= 0.3 is 5.97 Å². The minimum absolute atomic E-state index is 0.110.